The highest BCUT2D eigenvalue weighted by Gasteiger charge is 2.04. The standard InChI is InChI=1S/C13H8BrCl3N2S/c14-9-3-1-7(5-11(9)16)18-13(20)19-8-2-4-10(15)12(17)6-8/h1-6H,(H2,18,19,20). The molecule has 0 aliphatic heterocycles. The van der Waals surface area contributed by atoms with Crippen LogP contribution in [0.4, 0.5) is 11.4 Å². The normalized spacial score (nSPS) is 10.2. The second-order valence-corrected chi connectivity index (χ2v) is 6.32. The number of thiocarbonyl (C=S) groups is 1. The Hall–Kier alpha value is -0.520. The van der Waals surface area contributed by atoms with E-state index in [4.69, 9.17) is 47.0 Å². The molecule has 0 heterocycles. The van der Waals surface area contributed by atoms with Crippen LogP contribution >= 0.6 is 63.0 Å². The average molecular weight is 411 g/mol. The summed E-state index contributed by atoms with van der Waals surface area (Å²) in [4.78, 5) is 0. The first-order valence-corrected chi connectivity index (χ1v) is 7.77. The largest absolute Gasteiger partial charge is 0.332 e. The number of hydrogen-bond donors (Lipinski definition) is 2. The summed E-state index contributed by atoms with van der Waals surface area (Å²) in [6.45, 7) is 0. The van der Waals surface area contributed by atoms with Crippen molar-refractivity contribution >= 4 is 79.4 Å². The molecular weight excluding hydrogens is 402 g/mol. The van der Waals surface area contributed by atoms with Crippen LogP contribution in [0, 0.1) is 0 Å². The molecule has 0 amide bonds. The number of nitrogens with one attached hydrogen (secondary N) is 2. The predicted molar refractivity (Wildman–Crippen MR) is 95.5 cm³/mol. The van der Waals surface area contributed by atoms with Gasteiger partial charge in [-0.3, -0.25) is 0 Å². The minimum atomic E-state index is 0.432. The lowest BCUT2D eigenvalue weighted by Gasteiger charge is -2.11. The van der Waals surface area contributed by atoms with E-state index in [1.807, 2.05) is 12.1 Å². The van der Waals surface area contributed by atoms with Gasteiger partial charge in [0.25, 0.3) is 0 Å². The molecule has 0 spiro atoms. The molecule has 0 unspecified atom stereocenters. The van der Waals surface area contributed by atoms with Gasteiger partial charge in [-0.25, -0.2) is 0 Å². The Labute approximate surface area is 145 Å². The van der Waals surface area contributed by atoms with Crippen molar-refractivity contribution in [2.45, 2.75) is 0 Å². The fourth-order valence-corrected chi connectivity index (χ4v) is 2.40. The molecule has 104 valence electrons. The predicted octanol–water partition coefficient (Wildman–Crippen LogP) is 6.22. The third-order valence-electron chi connectivity index (χ3n) is 2.35. The summed E-state index contributed by atoms with van der Waals surface area (Å²) in [6, 6.07) is 10.7. The van der Waals surface area contributed by atoms with Crippen molar-refractivity contribution in [1.29, 1.82) is 0 Å². The second-order valence-electron chi connectivity index (χ2n) is 3.84. The second kappa shape index (κ2) is 6.96. The number of halogens is 4. The van der Waals surface area contributed by atoms with Crippen LogP contribution in [0.15, 0.2) is 40.9 Å². The third kappa shape index (κ3) is 4.24. The molecule has 20 heavy (non-hydrogen) atoms. The van der Waals surface area contributed by atoms with Crippen molar-refractivity contribution < 1.29 is 0 Å². The molecule has 2 rings (SSSR count). The fourth-order valence-electron chi connectivity index (χ4n) is 1.44. The Morgan fingerprint density at radius 2 is 1.40 bits per heavy atom. The van der Waals surface area contributed by atoms with Gasteiger partial charge in [-0.1, -0.05) is 34.8 Å². The summed E-state index contributed by atoms with van der Waals surface area (Å²) in [5, 5.41) is 8.04. The van der Waals surface area contributed by atoms with Gasteiger partial charge in [-0.2, -0.15) is 0 Å². The van der Waals surface area contributed by atoms with Crippen LogP contribution in [0.3, 0.4) is 0 Å². The molecule has 2 N–H and O–H groups in total. The van der Waals surface area contributed by atoms with Crippen LogP contribution in [-0.2, 0) is 0 Å². The highest BCUT2D eigenvalue weighted by Crippen LogP contribution is 2.27. The van der Waals surface area contributed by atoms with Gasteiger partial charge >= 0.3 is 0 Å². The molecule has 2 aromatic carbocycles. The maximum atomic E-state index is 6.01. The van der Waals surface area contributed by atoms with Crippen molar-refractivity contribution in [2.75, 3.05) is 10.6 Å². The fraction of sp³-hybridized carbons (Fsp3) is 0. The van der Waals surface area contributed by atoms with E-state index in [1.165, 1.54) is 0 Å². The zero-order valence-corrected chi connectivity index (χ0v) is 14.6. The Kier molecular flexibility index (Phi) is 5.52. The van der Waals surface area contributed by atoms with Gasteiger partial charge in [0, 0.05) is 15.8 Å². The van der Waals surface area contributed by atoms with Crippen LogP contribution in [-0.4, -0.2) is 5.11 Å². The topological polar surface area (TPSA) is 24.1 Å². The summed E-state index contributed by atoms with van der Waals surface area (Å²) in [5.41, 5.74) is 1.54. The molecule has 0 bridgehead atoms. The first-order valence-electron chi connectivity index (χ1n) is 5.44. The highest BCUT2D eigenvalue weighted by atomic mass is 79.9. The lowest BCUT2D eigenvalue weighted by Crippen LogP contribution is -2.18. The van der Waals surface area contributed by atoms with E-state index in [2.05, 4.69) is 26.6 Å². The Bertz CT molecular complexity index is 609. The third-order valence-corrected chi connectivity index (χ3v) is 4.53. The van der Waals surface area contributed by atoms with Crippen molar-refractivity contribution in [1.82, 2.24) is 0 Å². The smallest absolute Gasteiger partial charge is 0.175 e. The van der Waals surface area contributed by atoms with Crippen LogP contribution in [0.1, 0.15) is 0 Å². The number of anilines is 2. The van der Waals surface area contributed by atoms with E-state index < -0.39 is 0 Å². The van der Waals surface area contributed by atoms with Crippen molar-refractivity contribution in [3.63, 3.8) is 0 Å². The van der Waals surface area contributed by atoms with Crippen molar-refractivity contribution in [2.24, 2.45) is 0 Å². The van der Waals surface area contributed by atoms with E-state index in [0.717, 1.165) is 15.8 Å². The Balaban J connectivity index is 2.04. The molecule has 2 aromatic rings. The maximum absolute atomic E-state index is 6.01. The minimum Gasteiger partial charge on any atom is -0.332 e. The van der Waals surface area contributed by atoms with E-state index >= 15 is 0 Å². The summed E-state index contributed by atoms with van der Waals surface area (Å²) < 4.78 is 0.827. The first-order chi connectivity index (χ1) is 9.45. The molecule has 7 heteroatoms. The molecule has 0 atom stereocenters. The van der Waals surface area contributed by atoms with Gasteiger partial charge < -0.3 is 10.6 Å². The molecule has 0 aromatic heterocycles. The maximum Gasteiger partial charge on any atom is 0.175 e. The molecule has 2 nitrogen and oxygen atoms in total. The quantitative estimate of drug-likeness (QED) is 0.575. The summed E-state index contributed by atoms with van der Waals surface area (Å²) in [7, 11) is 0. The molecule has 0 fully saturated rings. The van der Waals surface area contributed by atoms with E-state index in [-0.39, 0.29) is 0 Å². The average Bonchev–Trinajstić information content (AvgIpc) is 2.38. The monoisotopic (exact) mass is 408 g/mol. The lowest BCUT2D eigenvalue weighted by atomic mass is 10.3. The van der Waals surface area contributed by atoms with Gasteiger partial charge in [0.05, 0.1) is 15.1 Å². The first kappa shape index (κ1) is 15.9. The van der Waals surface area contributed by atoms with Gasteiger partial charge in [0.1, 0.15) is 0 Å². The Morgan fingerprint density at radius 3 is 1.95 bits per heavy atom. The minimum absolute atomic E-state index is 0.432. The molecule has 0 aliphatic carbocycles. The van der Waals surface area contributed by atoms with Gasteiger partial charge in [0.2, 0.25) is 0 Å². The molecule has 0 saturated carbocycles. The van der Waals surface area contributed by atoms with E-state index in [0.29, 0.717) is 20.2 Å². The van der Waals surface area contributed by atoms with Crippen LogP contribution in [0.2, 0.25) is 15.1 Å². The molecule has 0 aliphatic rings. The van der Waals surface area contributed by atoms with Gasteiger partial charge in [-0.05, 0) is 64.5 Å². The van der Waals surface area contributed by atoms with Crippen LogP contribution in [0.5, 0.6) is 0 Å². The van der Waals surface area contributed by atoms with E-state index in [1.54, 1.807) is 24.3 Å². The summed E-state index contributed by atoms with van der Waals surface area (Å²) in [6.07, 6.45) is 0. The number of benzene rings is 2. The highest BCUT2D eigenvalue weighted by molar-refractivity contribution is 9.10. The Morgan fingerprint density at radius 1 is 0.850 bits per heavy atom. The number of hydrogen-bond acceptors (Lipinski definition) is 1. The molecular formula is C13H8BrCl3N2S. The lowest BCUT2D eigenvalue weighted by molar-refractivity contribution is 1.58. The molecule has 0 saturated heterocycles. The van der Waals surface area contributed by atoms with E-state index in [9.17, 15) is 0 Å². The van der Waals surface area contributed by atoms with Crippen LogP contribution in [0.25, 0.3) is 0 Å². The molecule has 0 radical (unpaired) electrons. The van der Waals surface area contributed by atoms with Crippen molar-refractivity contribution in [3.05, 3.63) is 55.9 Å². The van der Waals surface area contributed by atoms with Crippen LogP contribution < -0.4 is 10.6 Å². The zero-order valence-electron chi connectivity index (χ0n) is 9.88. The summed E-state index contributed by atoms with van der Waals surface area (Å²) in [5.74, 6) is 0. The van der Waals surface area contributed by atoms with Gasteiger partial charge in [0.15, 0.2) is 5.11 Å². The SMILES string of the molecule is S=C(Nc1ccc(Cl)c(Cl)c1)Nc1ccc(Br)c(Cl)c1. The summed E-state index contributed by atoms with van der Waals surface area (Å²) >= 11 is 26.3. The van der Waals surface area contributed by atoms with Crippen molar-refractivity contribution in [3.8, 4) is 0 Å². The zero-order chi connectivity index (χ0) is 14.7. The van der Waals surface area contributed by atoms with Gasteiger partial charge in [-0.15, -0.1) is 0 Å². The number of rotatable bonds is 2.